The first-order valence-corrected chi connectivity index (χ1v) is 7.69. The number of fused-ring (bicyclic) bond motifs is 1. The van der Waals surface area contributed by atoms with E-state index in [9.17, 15) is 4.79 Å². The third kappa shape index (κ3) is 2.82. The third-order valence-electron chi connectivity index (χ3n) is 4.06. The van der Waals surface area contributed by atoms with Crippen molar-refractivity contribution in [3.8, 4) is 0 Å². The van der Waals surface area contributed by atoms with Crippen molar-refractivity contribution in [2.75, 3.05) is 26.2 Å². The summed E-state index contributed by atoms with van der Waals surface area (Å²) < 4.78 is 0.717. The fraction of sp³-hybridized carbons (Fsp3) is 0.571. The lowest BCUT2D eigenvalue weighted by Crippen LogP contribution is -2.56. The summed E-state index contributed by atoms with van der Waals surface area (Å²) >= 11 is 3.32. The predicted octanol–water partition coefficient (Wildman–Crippen LogP) is 2.15. The molecule has 0 spiro atoms. The first kappa shape index (κ1) is 13.1. The molecule has 2 aliphatic heterocycles. The highest BCUT2D eigenvalue weighted by atomic mass is 79.9. The fourth-order valence-corrected chi connectivity index (χ4v) is 3.37. The highest BCUT2D eigenvalue weighted by Gasteiger charge is 2.31. The summed E-state index contributed by atoms with van der Waals surface area (Å²) in [6.07, 6.45) is 3.81. The van der Waals surface area contributed by atoms with E-state index in [1.54, 1.807) is 6.07 Å². The van der Waals surface area contributed by atoms with Crippen molar-refractivity contribution in [1.29, 1.82) is 0 Å². The maximum atomic E-state index is 12.5. The lowest BCUT2D eigenvalue weighted by atomic mass is 9.99. The van der Waals surface area contributed by atoms with Gasteiger partial charge in [0.25, 0.3) is 5.91 Å². The Morgan fingerprint density at radius 3 is 3.00 bits per heavy atom. The summed E-state index contributed by atoms with van der Waals surface area (Å²) in [4.78, 5) is 21.2. The molecular formula is C14H18BrN3O. The molecule has 3 rings (SSSR count). The van der Waals surface area contributed by atoms with Crippen molar-refractivity contribution >= 4 is 21.8 Å². The van der Waals surface area contributed by atoms with Crippen molar-refractivity contribution in [2.45, 2.75) is 25.3 Å². The van der Waals surface area contributed by atoms with E-state index in [4.69, 9.17) is 0 Å². The molecule has 0 N–H and O–H groups in total. The Labute approximate surface area is 121 Å². The van der Waals surface area contributed by atoms with Crippen LogP contribution in [0.1, 0.15) is 29.8 Å². The van der Waals surface area contributed by atoms with Crippen LogP contribution in [0.15, 0.2) is 22.8 Å². The molecule has 1 atom stereocenters. The molecule has 1 aromatic heterocycles. The van der Waals surface area contributed by atoms with Crippen molar-refractivity contribution in [1.82, 2.24) is 14.8 Å². The number of piperidine rings is 1. The second-order valence-electron chi connectivity index (χ2n) is 5.28. The normalized spacial score (nSPS) is 24.1. The zero-order valence-corrected chi connectivity index (χ0v) is 12.5. The molecule has 0 bridgehead atoms. The number of nitrogens with zero attached hydrogens (tertiary/aromatic N) is 3. The van der Waals surface area contributed by atoms with E-state index in [0.29, 0.717) is 11.7 Å². The molecule has 0 aromatic carbocycles. The van der Waals surface area contributed by atoms with Gasteiger partial charge in [-0.2, -0.15) is 0 Å². The number of aromatic nitrogens is 1. The number of amides is 1. The van der Waals surface area contributed by atoms with Crippen LogP contribution in [0.5, 0.6) is 0 Å². The van der Waals surface area contributed by atoms with Crippen molar-refractivity contribution < 1.29 is 4.79 Å². The lowest BCUT2D eigenvalue weighted by Gasteiger charge is -2.43. The van der Waals surface area contributed by atoms with E-state index in [1.807, 2.05) is 17.0 Å². The highest BCUT2D eigenvalue weighted by molar-refractivity contribution is 9.10. The quantitative estimate of drug-likeness (QED) is 0.743. The first-order valence-electron chi connectivity index (χ1n) is 6.90. The van der Waals surface area contributed by atoms with Crippen LogP contribution in [0.3, 0.4) is 0 Å². The summed E-state index contributed by atoms with van der Waals surface area (Å²) in [5.41, 5.74) is 0.540. The van der Waals surface area contributed by atoms with E-state index in [-0.39, 0.29) is 5.91 Å². The minimum Gasteiger partial charge on any atom is -0.334 e. The second kappa shape index (κ2) is 5.59. The summed E-state index contributed by atoms with van der Waals surface area (Å²) in [5, 5.41) is 0. The molecule has 5 heteroatoms. The summed E-state index contributed by atoms with van der Waals surface area (Å²) in [6, 6.07) is 6.05. The molecule has 1 aromatic rings. The summed E-state index contributed by atoms with van der Waals surface area (Å²) in [7, 11) is 0. The second-order valence-corrected chi connectivity index (χ2v) is 6.09. The minimum absolute atomic E-state index is 0.0616. The molecule has 0 aliphatic carbocycles. The number of pyridine rings is 1. The minimum atomic E-state index is 0.0616. The zero-order chi connectivity index (χ0) is 13.2. The highest BCUT2D eigenvalue weighted by Crippen LogP contribution is 2.22. The molecule has 3 heterocycles. The maximum absolute atomic E-state index is 12.5. The third-order valence-corrected chi connectivity index (χ3v) is 4.50. The first-order chi connectivity index (χ1) is 9.24. The van der Waals surface area contributed by atoms with Gasteiger partial charge in [0.15, 0.2) is 0 Å². The molecule has 0 radical (unpaired) electrons. The topological polar surface area (TPSA) is 36.4 Å². The molecule has 0 saturated carbocycles. The van der Waals surface area contributed by atoms with Crippen molar-refractivity contribution in [2.24, 2.45) is 0 Å². The summed E-state index contributed by atoms with van der Waals surface area (Å²) in [5.74, 6) is 0.0616. The Hall–Kier alpha value is -0.940. The number of carbonyl (C=O) groups is 1. The van der Waals surface area contributed by atoms with E-state index in [2.05, 4.69) is 25.8 Å². The molecule has 2 saturated heterocycles. The number of halogens is 1. The molecule has 4 nitrogen and oxygen atoms in total. The van der Waals surface area contributed by atoms with E-state index in [1.165, 1.54) is 25.8 Å². The molecule has 1 amide bonds. The fourth-order valence-electron chi connectivity index (χ4n) is 3.03. The molecule has 102 valence electrons. The van der Waals surface area contributed by atoms with Crippen molar-refractivity contribution in [3.63, 3.8) is 0 Å². The van der Waals surface area contributed by atoms with Gasteiger partial charge in [-0.1, -0.05) is 12.5 Å². The van der Waals surface area contributed by atoms with Gasteiger partial charge in [0.2, 0.25) is 0 Å². The van der Waals surface area contributed by atoms with Crippen LogP contribution in [0, 0.1) is 0 Å². The van der Waals surface area contributed by atoms with Crippen LogP contribution in [-0.2, 0) is 0 Å². The van der Waals surface area contributed by atoms with Crippen LogP contribution in [0.2, 0.25) is 0 Å². The van der Waals surface area contributed by atoms with E-state index >= 15 is 0 Å². The number of piperazine rings is 1. The monoisotopic (exact) mass is 323 g/mol. The Kier molecular flexibility index (Phi) is 3.84. The van der Waals surface area contributed by atoms with Gasteiger partial charge in [-0.15, -0.1) is 0 Å². The van der Waals surface area contributed by atoms with Crippen LogP contribution < -0.4 is 0 Å². The number of hydrogen-bond acceptors (Lipinski definition) is 3. The molecule has 19 heavy (non-hydrogen) atoms. The summed E-state index contributed by atoms with van der Waals surface area (Å²) in [6.45, 7) is 3.88. The van der Waals surface area contributed by atoms with Gasteiger partial charge in [-0.3, -0.25) is 9.69 Å². The number of carbonyl (C=O) groups excluding carboxylic acids is 1. The average molecular weight is 324 g/mol. The van der Waals surface area contributed by atoms with Gasteiger partial charge in [0.05, 0.1) is 0 Å². The van der Waals surface area contributed by atoms with E-state index in [0.717, 1.165) is 24.2 Å². The van der Waals surface area contributed by atoms with Crippen LogP contribution >= 0.6 is 15.9 Å². The van der Waals surface area contributed by atoms with Gasteiger partial charge in [0, 0.05) is 25.7 Å². The van der Waals surface area contributed by atoms with Crippen molar-refractivity contribution in [3.05, 3.63) is 28.5 Å². The molecule has 1 unspecified atom stereocenters. The molecule has 2 aliphatic rings. The van der Waals surface area contributed by atoms with Gasteiger partial charge < -0.3 is 4.90 Å². The Bertz CT molecular complexity index is 480. The molecule has 2 fully saturated rings. The maximum Gasteiger partial charge on any atom is 0.272 e. The standard InChI is InChI=1S/C14H18BrN3O/c15-13-6-3-5-12(16-13)14(19)18-9-8-17-7-2-1-4-11(17)10-18/h3,5-6,11H,1-2,4,7-10H2. The predicted molar refractivity (Wildman–Crippen MR) is 77.1 cm³/mol. The average Bonchev–Trinajstić information content (AvgIpc) is 2.46. The number of rotatable bonds is 1. The van der Waals surface area contributed by atoms with Crippen LogP contribution in [0.25, 0.3) is 0 Å². The molecular weight excluding hydrogens is 306 g/mol. The van der Waals surface area contributed by atoms with Gasteiger partial charge in [0.1, 0.15) is 10.3 Å². The van der Waals surface area contributed by atoms with Gasteiger partial charge in [-0.25, -0.2) is 4.98 Å². The van der Waals surface area contributed by atoms with Crippen LogP contribution in [-0.4, -0.2) is 52.9 Å². The van der Waals surface area contributed by atoms with Gasteiger partial charge in [-0.05, 0) is 47.4 Å². The largest absolute Gasteiger partial charge is 0.334 e. The Balaban J connectivity index is 1.71. The smallest absolute Gasteiger partial charge is 0.272 e. The van der Waals surface area contributed by atoms with Gasteiger partial charge >= 0.3 is 0 Å². The Morgan fingerprint density at radius 2 is 2.16 bits per heavy atom. The van der Waals surface area contributed by atoms with E-state index < -0.39 is 0 Å². The lowest BCUT2D eigenvalue weighted by molar-refractivity contribution is 0.0368. The Morgan fingerprint density at radius 1 is 1.26 bits per heavy atom. The number of hydrogen-bond donors (Lipinski definition) is 0. The van der Waals surface area contributed by atoms with Crippen LogP contribution in [0.4, 0.5) is 0 Å². The zero-order valence-electron chi connectivity index (χ0n) is 10.9. The SMILES string of the molecule is O=C(c1cccc(Br)n1)N1CCN2CCCCC2C1.